The monoisotopic (exact) mass is 389 g/mol. The second-order valence-electron chi connectivity index (χ2n) is 7.69. The molecule has 0 N–H and O–H groups in total. The lowest BCUT2D eigenvalue weighted by atomic mass is 10.1. The first kappa shape index (κ1) is 17.9. The molecule has 1 aliphatic heterocycles. The Balaban J connectivity index is 1.40. The van der Waals surface area contributed by atoms with Gasteiger partial charge in [-0.1, -0.05) is 41.6 Å². The second-order valence-corrected chi connectivity index (χ2v) is 7.69. The van der Waals surface area contributed by atoms with E-state index in [2.05, 4.69) is 16.2 Å². The maximum absolute atomic E-state index is 13.3. The fourth-order valence-electron chi connectivity index (χ4n) is 4.05. The van der Waals surface area contributed by atoms with E-state index in [0.29, 0.717) is 31.1 Å². The molecule has 29 heavy (non-hydrogen) atoms. The number of carbonyl (C=O) groups is 1. The van der Waals surface area contributed by atoms with Crippen molar-refractivity contribution in [3.05, 3.63) is 71.4 Å². The van der Waals surface area contributed by atoms with Crippen LogP contribution in [0.3, 0.4) is 0 Å². The van der Waals surface area contributed by atoms with E-state index in [-0.39, 0.29) is 11.9 Å². The molecule has 5 rings (SSSR count). The molecule has 1 aromatic heterocycles. The van der Waals surface area contributed by atoms with Crippen LogP contribution in [0.2, 0.25) is 0 Å². The lowest BCUT2D eigenvalue weighted by Crippen LogP contribution is -2.32. The van der Waals surface area contributed by atoms with Gasteiger partial charge in [0.15, 0.2) is 5.82 Å². The van der Waals surface area contributed by atoms with Crippen molar-refractivity contribution in [1.82, 2.24) is 10.1 Å². The summed E-state index contributed by atoms with van der Waals surface area (Å²) in [4.78, 5) is 19.8. The van der Waals surface area contributed by atoms with E-state index in [4.69, 9.17) is 9.26 Å². The molecule has 2 heterocycles. The van der Waals surface area contributed by atoms with Gasteiger partial charge in [-0.2, -0.15) is 4.98 Å². The van der Waals surface area contributed by atoms with Gasteiger partial charge in [-0.15, -0.1) is 0 Å². The molecule has 1 unspecified atom stereocenters. The van der Waals surface area contributed by atoms with Gasteiger partial charge in [0, 0.05) is 24.4 Å². The smallest absolute Gasteiger partial charge is 0.250 e. The quantitative estimate of drug-likeness (QED) is 0.631. The average Bonchev–Trinajstić information content (AvgIpc) is 3.35. The van der Waals surface area contributed by atoms with E-state index in [1.165, 1.54) is 0 Å². The maximum Gasteiger partial charge on any atom is 0.250 e. The molecule has 1 aliphatic carbocycles. The fraction of sp³-hybridized carbons (Fsp3) is 0.348. The van der Waals surface area contributed by atoms with Crippen LogP contribution < -0.4 is 9.64 Å². The molecule has 1 fully saturated rings. The number of aryl methyl sites for hydroxylation is 1. The predicted molar refractivity (Wildman–Crippen MR) is 108 cm³/mol. The highest BCUT2D eigenvalue weighted by molar-refractivity contribution is 5.96. The highest BCUT2D eigenvalue weighted by atomic mass is 16.5. The molecule has 0 spiro atoms. The molecule has 2 aromatic carbocycles. The van der Waals surface area contributed by atoms with Crippen LogP contribution in [-0.2, 0) is 17.6 Å². The Morgan fingerprint density at radius 2 is 1.97 bits per heavy atom. The van der Waals surface area contributed by atoms with Gasteiger partial charge in [0.05, 0.1) is 7.11 Å². The largest absolute Gasteiger partial charge is 0.496 e. The Labute approximate surface area is 169 Å². The van der Waals surface area contributed by atoms with Crippen LogP contribution in [0.15, 0.2) is 53.1 Å². The number of hydrogen-bond acceptors (Lipinski definition) is 5. The van der Waals surface area contributed by atoms with E-state index >= 15 is 0 Å². The Bertz CT molecular complexity index is 1040. The molecular formula is C23H23N3O3. The number of benzene rings is 2. The van der Waals surface area contributed by atoms with Gasteiger partial charge < -0.3 is 9.26 Å². The zero-order valence-electron chi connectivity index (χ0n) is 16.4. The van der Waals surface area contributed by atoms with Crippen LogP contribution in [0.5, 0.6) is 5.75 Å². The lowest BCUT2D eigenvalue weighted by molar-refractivity contribution is -0.119. The number of rotatable bonds is 6. The summed E-state index contributed by atoms with van der Waals surface area (Å²) in [6.45, 7) is 0. The zero-order valence-corrected chi connectivity index (χ0v) is 16.4. The van der Waals surface area contributed by atoms with E-state index in [1.54, 1.807) is 7.11 Å². The standard InChI is InChI=1S/C23H23N3O3/c1-28-20-9-5-3-6-15(20)12-13-21(27)26-18-8-4-2-7-17(18)14-19(26)23-24-22(25-29-23)16-10-11-16/h2-9,16,19H,10-14H2,1H3. The first-order valence-corrected chi connectivity index (χ1v) is 10.1. The molecular weight excluding hydrogens is 366 g/mol. The van der Waals surface area contributed by atoms with Crippen LogP contribution in [0.1, 0.15) is 54.1 Å². The number of fused-ring (bicyclic) bond motifs is 1. The molecule has 0 radical (unpaired) electrons. The Morgan fingerprint density at radius 1 is 1.17 bits per heavy atom. The van der Waals surface area contributed by atoms with Crippen molar-refractivity contribution in [2.75, 3.05) is 12.0 Å². The summed E-state index contributed by atoms with van der Waals surface area (Å²) in [6.07, 6.45) is 3.93. The van der Waals surface area contributed by atoms with Crippen LogP contribution in [0, 0.1) is 0 Å². The van der Waals surface area contributed by atoms with E-state index in [0.717, 1.165) is 41.2 Å². The van der Waals surface area contributed by atoms with Crippen molar-refractivity contribution < 1.29 is 14.1 Å². The highest BCUT2D eigenvalue weighted by Gasteiger charge is 2.39. The number of para-hydroxylation sites is 2. The van der Waals surface area contributed by atoms with Gasteiger partial charge in [0.25, 0.3) is 0 Å². The molecule has 3 aromatic rings. The Morgan fingerprint density at radius 3 is 2.79 bits per heavy atom. The number of amides is 1. The van der Waals surface area contributed by atoms with Crippen molar-refractivity contribution in [2.45, 2.75) is 44.1 Å². The van der Waals surface area contributed by atoms with E-state index < -0.39 is 0 Å². The number of methoxy groups -OCH3 is 1. The summed E-state index contributed by atoms with van der Waals surface area (Å²) in [5, 5.41) is 4.16. The third kappa shape index (κ3) is 3.39. The summed E-state index contributed by atoms with van der Waals surface area (Å²) in [5.74, 6) is 2.60. The first-order valence-electron chi connectivity index (χ1n) is 10.1. The van der Waals surface area contributed by atoms with Crippen molar-refractivity contribution >= 4 is 11.6 Å². The van der Waals surface area contributed by atoms with Crippen LogP contribution in [0.25, 0.3) is 0 Å². The molecule has 0 saturated heterocycles. The third-order valence-electron chi connectivity index (χ3n) is 5.73. The summed E-state index contributed by atoms with van der Waals surface area (Å²) in [7, 11) is 1.65. The molecule has 6 heteroatoms. The van der Waals surface area contributed by atoms with Crippen molar-refractivity contribution in [3.63, 3.8) is 0 Å². The maximum atomic E-state index is 13.3. The second kappa shape index (κ2) is 7.35. The van der Waals surface area contributed by atoms with Gasteiger partial charge in [0.1, 0.15) is 11.8 Å². The van der Waals surface area contributed by atoms with E-state index in [1.807, 2.05) is 47.4 Å². The van der Waals surface area contributed by atoms with Gasteiger partial charge in [-0.25, -0.2) is 0 Å². The van der Waals surface area contributed by atoms with Gasteiger partial charge >= 0.3 is 0 Å². The Kier molecular flexibility index (Phi) is 4.54. The Hall–Kier alpha value is -3.15. The van der Waals surface area contributed by atoms with E-state index in [9.17, 15) is 4.79 Å². The van der Waals surface area contributed by atoms with Crippen molar-refractivity contribution in [1.29, 1.82) is 0 Å². The number of ether oxygens (including phenoxy) is 1. The van der Waals surface area contributed by atoms with Gasteiger partial charge in [-0.05, 0) is 42.5 Å². The summed E-state index contributed by atoms with van der Waals surface area (Å²) < 4.78 is 11.0. The molecule has 1 atom stereocenters. The van der Waals surface area contributed by atoms with Gasteiger partial charge in [0.2, 0.25) is 11.8 Å². The minimum absolute atomic E-state index is 0.0528. The van der Waals surface area contributed by atoms with Crippen molar-refractivity contribution in [3.8, 4) is 5.75 Å². The lowest BCUT2D eigenvalue weighted by Gasteiger charge is -2.23. The van der Waals surface area contributed by atoms with Crippen LogP contribution >= 0.6 is 0 Å². The number of anilines is 1. The number of carbonyl (C=O) groups excluding carboxylic acids is 1. The molecule has 0 bridgehead atoms. The number of hydrogen-bond donors (Lipinski definition) is 0. The summed E-state index contributed by atoms with van der Waals surface area (Å²) in [6, 6.07) is 15.6. The summed E-state index contributed by atoms with van der Waals surface area (Å²) >= 11 is 0. The van der Waals surface area contributed by atoms with Gasteiger partial charge in [-0.3, -0.25) is 9.69 Å². The molecule has 2 aliphatic rings. The van der Waals surface area contributed by atoms with Crippen LogP contribution in [-0.4, -0.2) is 23.2 Å². The first-order chi connectivity index (χ1) is 14.2. The van der Waals surface area contributed by atoms with Crippen LogP contribution in [0.4, 0.5) is 5.69 Å². The minimum atomic E-state index is -0.238. The van der Waals surface area contributed by atoms with Crippen molar-refractivity contribution in [2.24, 2.45) is 0 Å². The minimum Gasteiger partial charge on any atom is -0.496 e. The topological polar surface area (TPSA) is 68.5 Å². The molecule has 148 valence electrons. The number of aromatic nitrogens is 2. The highest BCUT2D eigenvalue weighted by Crippen LogP contribution is 2.42. The normalized spacial score (nSPS) is 18.0. The zero-order chi connectivity index (χ0) is 19.8. The average molecular weight is 389 g/mol. The molecule has 1 amide bonds. The fourth-order valence-corrected chi connectivity index (χ4v) is 4.05. The molecule has 6 nitrogen and oxygen atoms in total. The predicted octanol–water partition coefficient (Wildman–Crippen LogP) is 4.22. The summed E-state index contributed by atoms with van der Waals surface area (Å²) in [5.41, 5.74) is 3.10. The molecule has 1 saturated carbocycles. The third-order valence-corrected chi connectivity index (χ3v) is 5.73. The SMILES string of the molecule is COc1ccccc1CCC(=O)N1c2ccccc2CC1c1nc(C2CC2)no1. The number of nitrogens with zero attached hydrogens (tertiary/aromatic N) is 3.